The number of aromatic nitrogens is 4. The van der Waals surface area contributed by atoms with Crippen molar-refractivity contribution < 1.29 is 32.8 Å². The molecule has 0 saturated heterocycles. The van der Waals surface area contributed by atoms with Gasteiger partial charge >= 0.3 is 0 Å². The van der Waals surface area contributed by atoms with Gasteiger partial charge in [-0.1, -0.05) is 24.3 Å². The van der Waals surface area contributed by atoms with E-state index in [2.05, 4.69) is 19.9 Å². The number of nitrogens with two attached hydrogens (primary N) is 1. The van der Waals surface area contributed by atoms with Gasteiger partial charge in [0.05, 0.1) is 65.1 Å². The molecule has 8 rings (SSSR count). The van der Waals surface area contributed by atoms with Crippen molar-refractivity contribution in [2.45, 2.75) is 52.2 Å². The maximum atomic E-state index is 14.1. The number of hydrogen-bond donors (Lipinski definition) is 1. The molecule has 6 aromatic rings. The van der Waals surface area contributed by atoms with Gasteiger partial charge in [-0.15, -0.1) is 0 Å². The number of methoxy groups -OCH3 is 2. The zero-order valence-electron chi connectivity index (χ0n) is 32.8. The Labute approximate surface area is 343 Å². The van der Waals surface area contributed by atoms with E-state index >= 15 is 0 Å². The van der Waals surface area contributed by atoms with Crippen molar-refractivity contribution in [3.05, 3.63) is 164 Å². The molecule has 2 aliphatic heterocycles. The standard InChI is InChI=1S/C22H19FN4O4.C22H21FN4O2/c1-31-13-16-8-14-11-26(12-15(14)10-24-16)22(28)9-20-21(27(29)30)7-6-19(25-20)17-4-2-3-5-18(17)23;1-29-13-16-8-14-11-27(12-15(14)10-25-16)22(28)9-21-19(24)6-7-20(26-21)17-4-2-3-5-18(17)23/h2-8,10H,9,11-13H2,1H3;2-8,10H,9,11-13,24H2,1H3. The number of nitro groups is 1. The predicted molar refractivity (Wildman–Crippen MR) is 216 cm³/mol. The van der Waals surface area contributed by atoms with Crippen LogP contribution in [0.3, 0.4) is 0 Å². The molecule has 6 heterocycles. The molecule has 0 radical (unpaired) electrons. The fourth-order valence-corrected chi connectivity index (χ4v) is 7.06. The van der Waals surface area contributed by atoms with Gasteiger partial charge in [-0.2, -0.15) is 0 Å². The molecular weight excluding hydrogens is 775 g/mol. The number of nitrogens with zero attached hydrogens (tertiary/aromatic N) is 7. The summed E-state index contributed by atoms with van der Waals surface area (Å²) < 4.78 is 38.5. The van der Waals surface area contributed by atoms with Gasteiger partial charge in [0.1, 0.15) is 17.3 Å². The number of ether oxygens (including phenoxy) is 2. The van der Waals surface area contributed by atoms with Crippen molar-refractivity contribution in [3.8, 4) is 22.5 Å². The lowest BCUT2D eigenvalue weighted by atomic mass is 10.1. The van der Waals surface area contributed by atoms with Gasteiger partial charge < -0.3 is 25.0 Å². The molecule has 60 heavy (non-hydrogen) atoms. The average Bonchev–Trinajstić information content (AvgIpc) is 3.87. The fourth-order valence-electron chi connectivity index (χ4n) is 7.06. The van der Waals surface area contributed by atoms with Crippen LogP contribution < -0.4 is 5.73 Å². The van der Waals surface area contributed by atoms with Gasteiger partial charge in [-0.3, -0.25) is 34.7 Å². The van der Waals surface area contributed by atoms with Gasteiger partial charge in [0.25, 0.3) is 5.69 Å². The second kappa shape index (κ2) is 18.3. The van der Waals surface area contributed by atoms with Crippen LogP contribution in [0.15, 0.2) is 97.3 Å². The maximum Gasteiger partial charge on any atom is 0.291 e. The van der Waals surface area contributed by atoms with Crippen LogP contribution in [0.1, 0.15) is 45.0 Å². The number of nitrogen functional groups attached to an aromatic ring is 1. The molecular formula is C44H40F2N8O6. The average molecular weight is 815 g/mol. The zero-order chi connectivity index (χ0) is 42.3. The highest BCUT2D eigenvalue weighted by atomic mass is 19.1. The monoisotopic (exact) mass is 814 g/mol. The largest absolute Gasteiger partial charge is 0.397 e. The second-order valence-corrected chi connectivity index (χ2v) is 14.2. The highest BCUT2D eigenvalue weighted by Crippen LogP contribution is 2.29. The third-order valence-corrected chi connectivity index (χ3v) is 10.1. The Hall–Kier alpha value is -7.04. The lowest BCUT2D eigenvalue weighted by Gasteiger charge is -2.16. The molecule has 4 aromatic heterocycles. The summed E-state index contributed by atoms with van der Waals surface area (Å²) in [6.45, 7) is 2.58. The Balaban J connectivity index is 0.000000182. The number of benzene rings is 2. The van der Waals surface area contributed by atoms with Gasteiger partial charge in [0.15, 0.2) is 0 Å². The van der Waals surface area contributed by atoms with Gasteiger partial charge in [-0.25, -0.2) is 13.8 Å². The van der Waals surface area contributed by atoms with E-state index in [0.717, 1.165) is 33.6 Å². The first-order chi connectivity index (χ1) is 29.0. The second-order valence-electron chi connectivity index (χ2n) is 14.2. The molecule has 0 unspecified atom stereocenters. The van der Waals surface area contributed by atoms with Crippen molar-refractivity contribution in [3.63, 3.8) is 0 Å². The minimum absolute atomic E-state index is 0.00454. The zero-order valence-corrected chi connectivity index (χ0v) is 32.8. The summed E-state index contributed by atoms with van der Waals surface area (Å²) in [6.07, 6.45) is 3.31. The van der Waals surface area contributed by atoms with Crippen molar-refractivity contribution in [2.24, 2.45) is 0 Å². The van der Waals surface area contributed by atoms with Crippen LogP contribution in [0.2, 0.25) is 0 Å². The fraction of sp³-hybridized carbons (Fsp3) is 0.227. The van der Waals surface area contributed by atoms with Crippen LogP contribution >= 0.6 is 0 Å². The molecule has 16 heteroatoms. The minimum atomic E-state index is -0.583. The van der Waals surface area contributed by atoms with Crippen molar-refractivity contribution in [1.82, 2.24) is 29.7 Å². The molecule has 14 nitrogen and oxygen atoms in total. The van der Waals surface area contributed by atoms with E-state index in [1.54, 1.807) is 78.9 Å². The van der Waals surface area contributed by atoms with E-state index in [1.807, 2.05) is 12.1 Å². The summed E-state index contributed by atoms with van der Waals surface area (Å²) in [5.41, 5.74) is 13.5. The summed E-state index contributed by atoms with van der Waals surface area (Å²) in [4.78, 5) is 57.4. The van der Waals surface area contributed by atoms with E-state index in [0.29, 0.717) is 62.0 Å². The number of hydrogen-bond acceptors (Lipinski definition) is 11. The number of anilines is 1. The summed E-state index contributed by atoms with van der Waals surface area (Å²) in [5.74, 6) is -1.24. The quantitative estimate of drug-likeness (QED) is 0.111. The lowest BCUT2D eigenvalue weighted by molar-refractivity contribution is -0.385. The number of carbonyl (C=O) groups is 2. The molecule has 2 aliphatic rings. The third kappa shape index (κ3) is 9.30. The highest BCUT2D eigenvalue weighted by Gasteiger charge is 2.28. The molecule has 0 bridgehead atoms. The van der Waals surface area contributed by atoms with E-state index in [4.69, 9.17) is 15.2 Å². The number of halogens is 2. The lowest BCUT2D eigenvalue weighted by Crippen LogP contribution is -2.27. The number of carbonyl (C=O) groups excluding carboxylic acids is 2. The van der Waals surface area contributed by atoms with Gasteiger partial charge in [-0.05, 0) is 76.9 Å². The Kier molecular flexibility index (Phi) is 12.5. The Bertz CT molecular complexity index is 2590. The van der Waals surface area contributed by atoms with E-state index in [9.17, 15) is 28.5 Å². The van der Waals surface area contributed by atoms with Crippen LogP contribution in [-0.4, -0.2) is 60.7 Å². The summed E-state index contributed by atoms with van der Waals surface area (Å²) in [6, 6.07) is 22.3. The Morgan fingerprint density at radius 2 is 1.13 bits per heavy atom. The van der Waals surface area contributed by atoms with Crippen LogP contribution in [0.5, 0.6) is 0 Å². The molecule has 0 fully saturated rings. The van der Waals surface area contributed by atoms with Crippen molar-refractivity contribution in [2.75, 3.05) is 20.0 Å². The Morgan fingerprint density at radius 1 is 0.683 bits per heavy atom. The van der Waals surface area contributed by atoms with Crippen LogP contribution in [0.4, 0.5) is 20.2 Å². The molecule has 0 aliphatic carbocycles. The first-order valence-electron chi connectivity index (χ1n) is 18.9. The van der Waals surface area contributed by atoms with Crippen LogP contribution in [0.25, 0.3) is 22.5 Å². The summed E-state index contributed by atoms with van der Waals surface area (Å²) >= 11 is 0. The molecule has 0 spiro atoms. The van der Waals surface area contributed by atoms with Crippen LogP contribution in [0, 0.1) is 21.7 Å². The molecule has 0 saturated carbocycles. The maximum absolute atomic E-state index is 14.1. The smallest absolute Gasteiger partial charge is 0.291 e. The Morgan fingerprint density at radius 3 is 1.62 bits per heavy atom. The molecule has 306 valence electrons. The highest BCUT2D eigenvalue weighted by molar-refractivity contribution is 5.81. The van der Waals surface area contributed by atoms with E-state index in [1.165, 1.54) is 30.3 Å². The minimum Gasteiger partial charge on any atom is -0.397 e. The molecule has 2 aromatic carbocycles. The van der Waals surface area contributed by atoms with E-state index < -0.39 is 10.7 Å². The van der Waals surface area contributed by atoms with Crippen molar-refractivity contribution in [1.29, 1.82) is 0 Å². The third-order valence-electron chi connectivity index (χ3n) is 10.1. The van der Waals surface area contributed by atoms with Crippen LogP contribution in [-0.2, 0) is 71.3 Å². The van der Waals surface area contributed by atoms with Gasteiger partial charge in [0.2, 0.25) is 11.8 Å². The van der Waals surface area contributed by atoms with Crippen molar-refractivity contribution >= 4 is 23.2 Å². The first kappa shape index (κ1) is 41.1. The summed E-state index contributed by atoms with van der Waals surface area (Å²) in [7, 11) is 3.21. The number of amides is 2. The normalized spacial score (nSPS) is 12.7. The predicted octanol–water partition coefficient (Wildman–Crippen LogP) is 6.52. The molecule has 0 atom stereocenters. The number of fused-ring (bicyclic) bond motifs is 2. The van der Waals surface area contributed by atoms with E-state index in [-0.39, 0.29) is 53.1 Å². The number of rotatable bonds is 11. The molecule has 2 amide bonds. The first-order valence-corrected chi connectivity index (χ1v) is 18.9. The SMILES string of the molecule is COCc1cc2c(cn1)CN(C(=O)Cc1nc(-c3ccccc3F)ccc1N)C2.COCc1cc2c(cn1)CN(C(=O)Cc1nc(-c3ccccc3F)ccc1[N+](=O)[O-])C2. The number of pyridine rings is 4. The summed E-state index contributed by atoms with van der Waals surface area (Å²) in [5, 5.41) is 11.5. The topological polar surface area (TPSA) is 180 Å². The molecule has 2 N–H and O–H groups in total. The van der Waals surface area contributed by atoms with Gasteiger partial charge in [0, 0.05) is 70.0 Å².